The van der Waals surface area contributed by atoms with Crippen LogP contribution in [0.15, 0.2) is 0 Å². The van der Waals surface area contributed by atoms with Gasteiger partial charge in [-0.25, -0.2) is 0 Å². The Morgan fingerprint density at radius 3 is 0.469 bits per heavy atom. The van der Waals surface area contributed by atoms with Crippen molar-refractivity contribution in [3.8, 4) is 0 Å². The minimum Gasteiger partial charge on any atom is -0.547 e. The Labute approximate surface area is 207 Å². The summed E-state index contributed by atoms with van der Waals surface area (Å²) in [7, 11) is 0. The molecule has 174 valence electrons. The Balaban J connectivity index is -0.000000110. The largest absolute Gasteiger partial charge is 4.00 e. The Kier molecular flexibility index (Phi) is 24.9. The van der Waals surface area contributed by atoms with Crippen molar-refractivity contribution in [3.63, 3.8) is 0 Å². The summed E-state index contributed by atoms with van der Waals surface area (Å²) in [5.74, 6) is -12.4. The zero-order chi connectivity index (χ0) is 24.9. The molecule has 0 aromatic heterocycles. The number of carbonyl (C=O) groups is 6. The van der Waals surface area contributed by atoms with Crippen molar-refractivity contribution in [2.75, 3.05) is 0 Å². The molecule has 0 aliphatic carbocycles. The number of hydrogen-bond donors (Lipinski definition) is 6. The van der Waals surface area contributed by atoms with Crippen molar-refractivity contribution in [3.05, 3.63) is 0 Å². The van der Waals surface area contributed by atoms with Crippen LogP contribution < -0.4 is 30.6 Å². The Morgan fingerprint density at radius 1 is 0.375 bits per heavy atom. The number of carboxylic acids is 6. The summed E-state index contributed by atoms with van der Waals surface area (Å²) in [6, 6.07) is 0. The first-order valence-corrected chi connectivity index (χ1v) is 6.73. The summed E-state index contributed by atoms with van der Waals surface area (Å²) >= 11 is 0. The number of rotatable bonds is 9. The summed E-state index contributed by atoms with van der Waals surface area (Å²) in [5, 5.41) is 107. The third-order valence-electron chi connectivity index (χ3n) is 2.35. The van der Waals surface area contributed by atoms with Gasteiger partial charge in [-0.3, -0.25) is 0 Å². The molecule has 0 rings (SSSR count). The second-order valence-electron chi connectivity index (χ2n) is 4.58. The minimum atomic E-state index is -2.44. The predicted octanol–water partition coefficient (Wildman–Crippen LogP) is -14.8. The normalized spacial score (nSPS) is 14.8. The number of hydrogen-bond acceptors (Lipinski definition) is 18. The van der Waals surface area contributed by atoms with Gasteiger partial charge in [0.1, 0.15) is 36.6 Å². The van der Waals surface area contributed by atoms with Crippen LogP contribution in [0.4, 0.5) is 0 Å². The monoisotopic (exact) mass is 516 g/mol. The van der Waals surface area contributed by atoms with Gasteiger partial charge in [0.2, 0.25) is 0 Å². The number of aliphatic hydroxyl groups is 6. The van der Waals surface area contributed by atoms with Crippen molar-refractivity contribution in [2.24, 2.45) is 0 Å². The molecule has 6 N–H and O–H groups in total. The molecule has 0 radical (unpaired) electrons. The Bertz CT molecular complexity index is 500. The van der Waals surface area contributed by atoms with Crippen molar-refractivity contribution in [2.45, 2.75) is 36.6 Å². The fourth-order valence-corrected chi connectivity index (χ4v) is 0.773. The molecule has 0 aromatic rings. The molecule has 0 aromatic carbocycles. The van der Waals surface area contributed by atoms with E-state index in [-0.39, 0.29) is 44.8 Å². The predicted molar refractivity (Wildman–Crippen MR) is 71.8 cm³/mol. The van der Waals surface area contributed by atoms with Crippen LogP contribution in [0.5, 0.6) is 0 Å². The zero-order valence-corrected chi connectivity index (χ0v) is 18.2. The van der Waals surface area contributed by atoms with Gasteiger partial charge in [0, 0.05) is 0 Å². The minimum absolute atomic E-state index is 0. The first kappa shape index (κ1) is 40.4. The van der Waals surface area contributed by atoms with Gasteiger partial charge in [-0.2, -0.15) is 0 Å². The van der Waals surface area contributed by atoms with E-state index < -0.39 is 72.4 Å². The van der Waals surface area contributed by atoms with E-state index in [4.69, 9.17) is 30.6 Å². The third kappa shape index (κ3) is 17.7. The molecule has 0 spiro atoms. The van der Waals surface area contributed by atoms with Crippen LogP contribution in [0.25, 0.3) is 0 Å². The Morgan fingerprint density at radius 2 is 0.438 bits per heavy atom. The van der Waals surface area contributed by atoms with E-state index in [1.54, 1.807) is 0 Å². The molecule has 0 heterocycles. The van der Waals surface area contributed by atoms with Gasteiger partial charge in [-0.15, -0.1) is 0 Å². The SMILES string of the molecule is O=C([O-])C(O)C(O)C(=O)[O-].O=C([O-])C(O)C(O)C(=O)[O-].O=C([O-])C(O)C(O)C(=O)[O-].[Mg+2].[Ti+4]. The quantitative estimate of drug-likeness (QED) is 0.155. The molecule has 0 saturated carbocycles. The zero-order valence-electron chi connectivity index (χ0n) is 15.3. The van der Waals surface area contributed by atoms with Crippen molar-refractivity contribution in [1.82, 2.24) is 0 Å². The summed E-state index contributed by atoms with van der Waals surface area (Å²) in [5.41, 5.74) is 0. The maximum Gasteiger partial charge on any atom is 4.00 e. The molecular formula is C12H12MgO18Ti. The van der Waals surface area contributed by atoms with Crippen LogP contribution in [0.3, 0.4) is 0 Å². The van der Waals surface area contributed by atoms with Crippen LogP contribution in [0.1, 0.15) is 0 Å². The van der Waals surface area contributed by atoms with E-state index in [0.717, 1.165) is 0 Å². The average Bonchev–Trinajstić information content (AvgIpc) is 2.64. The van der Waals surface area contributed by atoms with Gasteiger partial charge in [-0.05, 0) is 0 Å². The molecule has 0 aliphatic heterocycles. The number of carboxylic acid groups (broad SMARTS) is 6. The molecule has 0 bridgehead atoms. The first-order chi connectivity index (χ1) is 13.4. The standard InChI is InChI=1S/3C4H6O6.Mg.Ti/c3*5-1(3(7)8)2(6)4(9)10;;/h3*1-2,5-6H,(H,7,8)(H,9,10);;/q;;;+2;+4/p-6. The summed E-state index contributed by atoms with van der Waals surface area (Å²) in [6.07, 6.45) is -14.6. The molecule has 20 heteroatoms. The molecule has 0 amide bonds. The van der Waals surface area contributed by atoms with Gasteiger partial charge in [0.05, 0.1) is 35.8 Å². The van der Waals surface area contributed by atoms with Crippen LogP contribution in [0, 0.1) is 0 Å². The summed E-state index contributed by atoms with van der Waals surface area (Å²) < 4.78 is 0. The average molecular weight is 516 g/mol. The number of aliphatic hydroxyl groups excluding tert-OH is 6. The topological polar surface area (TPSA) is 362 Å². The fourth-order valence-electron chi connectivity index (χ4n) is 0.773. The van der Waals surface area contributed by atoms with E-state index in [2.05, 4.69) is 0 Å². The molecule has 18 nitrogen and oxygen atoms in total. The Hall–Kier alpha value is -1.94. The van der Waals surface area contributed by atoms with Crippen molar-refractivity contribution < 1.29 is 112 Å². The van der Waals surface area contributed by atoms with E-state index >= 15 is 0 Å². The van der Waals surface area contributed by atoms with Gasteiger partial charge in [0.15, 0.2) is 0 Å². The van der Waals surface area contributed by atoms with Crippen LogP contribution in [-0.2, 0) is 50.5 Å². The number of aliphatic carboxylic acids is 6. The molecule has 0 fully saturated rings. The van der Waals surface area contributed by atoms with Gasteiger partial charge < -0.3 is 90.0 Å². The second kappa shape index (κ2) is 19.7. The number of carbonyl (C=O) groups excluding carboxylic acids is 6. The molecule has 6 unspecified atom stereocenters. The molecule has 32 heavy (non-hydrogen) atoms. The summed E-state index contributed by atoms with van der Waals surface area (Å²) in [6.45, 7) is 0. The van der Waals surface area contributed by atoms with E-state index in [9.17, 15) is 59.4 Å². The van der Waals surface area contributed by atoms with Crippen LogP contribution in [-0.4, -0.2) is 126 Å². The van der Waals surface area contributed by atoms with Crippen LogP contribution in [0.2, 0.25) is 0 Å². The fraction of sp³-hybridized carbons (Fsp3) is 0.500. The maximum atomic E-state index is 9.63. The molecular weight excluding hydrogens is 504 g/mol. The van der Waals surface area contributed by atoms with Crippen molar-refractivity contribution in [1.29, 1.82) is 0 Å². The maximum absolute atomic E-state index is 9.63. The van der Waals surface area contributed by atoms with E-state index in [0.29, 0.717) is 0 Å². The second-order valence-corrected chi connectivity index (χ2v) is 4.58. The van der Waals surface area contributed by atoms with Gasteiger partial charge >= 0.3 is 44.8 Å². The van der Waals surface area contributed by atoms with E-state index in [1.165, 1.54) is 0 Å². The van der Waals surface area contributed by atoms with E-state index in [1.807, 2.05) is 0 Å². The summed E-state index contributed by atoms with van der Waals surface area (Å²) in [4.78, 5) is 57.8. The van der Waals surface area contributed by atoms with Gasteiger partial charge in [-0.1, -0.05) is 0 Å². The molecule has 0 aliphatic rings. The smallest absolute Gasteiger partial charge is 0.547 e. The van der Waals surface area contributed by atoms with Crippen LogP contribution >= 0.6 is 0 Å². The van der Waals surface area contributed by atoms with Crippen molar-refractivity contribution >= 4 is 58.9 Å². The molecule has 6 atom stereocenters. The third-order valence-corrected chi connectivity index (χ3v) is 2.35. The molecule has 0 saturated heterocycles. The first-order valence-electron chi connectivity index (χ1n) is 6.73. The van der Waals surface area contributed by atoms with Gasteiger partial charge in [0.25, 0.3) is 0 Å².